The fourth-order valence-electron chi connectivity index (χ4n) is 2.54. The van der Waals surface area contributed by atoms with Crippen molar-refractivity contribution in [1.29, 1.82) is 0 Å². The van der Waals surface area contributed by atoms with Crippen molar-refractivity contribution in [3.63, 3.8) is 0 Å². The summed E-state index contributed by atoms with van der Waals surface area (Å²) in [7, 11) is 0. The maximum Gasteiger partial charge on any atom is 0.336 e. The van der Waals surface area contributed by atoms with Crippen molar-refractivity contribution < 1.29 is 14.3 Å². The quantitative estimate of drug-likeness (QED) is 0.272. The van der Waals surface area contributed by atoms with Crippen LogP contribution in [0.5, 0.6) is 11.5 Å². The Morgan fingerprint density at radius 2 is 1.70 bits per heavy atom. The lowest BCUT2D eigenvalue weighted by Crippen LogP contribution is -2.04. The lowest BCUT2D eigenvalue weighted by atomic mass is 10.1. The average Bonchev–Trinajstić information content (AvgIpc) is 2.70. The third-order valence-corrected chi connectivity index (χ3v) is 4.47. The van der Waals surface area contributed by atoms with Gasteiger partial charge in [-0.2, -0.15) is 0 Å². The van der Waals surface area contributed by atoms with Gasteiger partial charge in [0, 0.05) is 6.08 Å². The Balaban J connectivity index is 1.65. The van der Waals surface area contributed by atoms with Crippen LogP contribution in [0.4, 0.5) is 0 Å². The van der Waals surface area contributed by atoms with Crippen LogP contribution in [0.15, 0.2) is 83.3 Å². The van der Waals surface area contributed by atoms with Crippen molar-refractivity contribution in [2.75, 3.05) is 6.61 Å². The van der Waals surface area contributed by atoms with Crippen LogP contribution in [-0.2, 0) is 4.79 Å². The number of halogens is 1. The third-order valence-electron chi connectivity index (χ3n) is 3.85. The van der Waals surface area contributed by atoms with E-state index in [2.05, 4.69) is 15.9 Å². The number of benzene rings is 3. The predicted octanol–water partition coefficient (Wildman–Crippen LogP) is 6.13. The zero-order chi connectivity index (χ0) is 19.1. The molecule has 0 saturated carbocycles. The molecule has 4 heteroatoms. The number of carbonyl (C=O) groups excluding carboxylic acids is 1. The number of rotatable bonds is 6. The van der Waals surface area contributed by atoms with E-state index >= 15 is 0 Å². The minimum Gasteiger partial charge on any atom is -0.494 e. The summed E-state index contributed by atoms with van der Waals surface area (Å²) in [6.07, 6.45) is 3.12. The van der Waals surface area contributed by atoms with Gasteiger partial charge in [-0.3, -0.25) is 0 Å². The molecule has 0 amide bonds. The highest BCUT2D eigenvalue weighted by Crippen LogP contribution is 2.30. The summed E-state index contributed by atoms with van der Waals surface area (Å²) >= 11 is 3.48. The summed E-state index contributed by atoms with van der Waals surface area (Å²) < 4.78 is 11.6. The van der Waals surface area contributed by atoms with E-state index in [1.54, 1.807) is 12.1 Å². The second kappa shape index (κ2) is 9.19. The topological polar surface area (TPSA) is 35.5 Å². The van der Waals surface area contributed by atoms with E-state index in [-0.39, 0.29) is 0 Å². The molecule has 0 aliphatic rings. The van der Waals surface area contributed by atoms with Crippen molar-refractivity contribution in [1.82, 2.24) is 0 Å². The largest absolute Gasteiger partial charge is 0.494 e. The van der Waals surface area contributed by atoms with Crippen molar-refractivity contribution >= 4 is 28.0 Å². The van der Waals surface area contributed by atoms with E-state index in [1.165, 1.54) is 6.08 Å². The molecule has 0 radical (unpaired) electrons. The first-order valence-corrected chi connectivity index (χ1v) is 9.43. The van der Waals surface area contributed by atoms with Crippen LogP contribution in [0.3, 0.4) is 0 Å². The molecule has 3 rings (SSSR count). The molecule has 0 aromatic heterocycles. The molecule has 3 aromatic carbocycles. The van der Waals surface area contributed by atoms with Gasteiger partial charge in [0.25, 0.3) is 0 Å². The second-order valence-corrected chi connectivity index (χ2v) is 6.62. The average molecular weight is 423 g/mol. The zero-order valence-electron chi connectivity index (χ0n) is 14.9. The lowest BCUT2D eigenvalue weighted by Gasteiger charge is -2.07. The van der Waals surface area contributed by atoms with Crippen molar-refractivity contribution in [2.24, 2.45) is 0 Å². The Morgan fingerprint density at radius 3 is 2.37 bits per heavy atom. The summed E-state index contributed by atoms with van der Waals surface area (Å²) in [5.41, 5.74) is 3.05. The van der Waals surface area contributed by atoms with Crippen LogP contribution in [0.2, 0.25) is 0 Å². The van der Waals surface area contributed by atoms with Crippen LogP contribution in [0, 0.1) is 0 Å². The van der Waals surface area contributed by atoms with E-state index in [0.717, 1.165) is 26.9 Å². The number of carbonyl (C=O) groups is 1. The molecule has 0 saturated heterocycles. The van der Waals surface area contributed by atoms with E-state index < -0.39 is 5.97 Å². The Hall–Kier alpha value is -2.85. The van der Waals surface area contributed by atoms with Crippen molar-refractivity contribution in [3.8, 4) is 22.6 Å². The Kier molecular flexibility index (Phi) is 6.44. The summed E-state index contributed by atoms with van der Waals surface area (Å²) in [6, 6.07) is 23.2. The van der Waals surface area contributed by atoms with Crippen LogP contribution >= 0.6 is 15.9 Å². The summed E-state index contributed by atoms with van der Waals surface area (Å²) in [4.78, 5) is 12.1. The van der Waals surface area contributed by atoms with Crippen LogP contribution < -0.4 is 9.47 Å². The molecule has 0 aliphatic heterocycles. The highest BCUT2D eigenvalue weighted by Gasteiger charge is 2.07. The van der Waals surface area contributed by atoms with E-state index in [4.69, 9.17) is 9.47 Å². The molecule has 0 bridgehead atoms. The predicted molar refractivity (Wildman–Crippen MR) is 112 cm³/mol. The molecule has 3 aromatic rings. The van der Waals surface area contributed by atoms with E-state index in [1.807, 2.05) is 73.7 Å². The summed E-state index contributed by atoms with van der Waals surface area (Å²) in [5, 5.41) is 0. The van der Waals surface area contributed by atoms with Gasteiger partial charge in [-0.05, 0) is 69.9 Å². The van der Waals surface area contributed by atoms with Crippen molar-refractivity contribution in [3.05, 3.63) is 88.9 Å². The second-order valence-electron chi connectivity index (χ2n) is 5.77. The zero-order valence-corrected chi connectivity index (χ0v) is 16.5. The van der Waals surface area contributed by atoms with Gasteiger partial charge in [0.2, 0.25) is 0 Å². The molecule has 0 fully saturated rings. The molecule has 27 heavy (non-hydrogen) atoms. The van der Waals surface area contributed by atoms with Gasteiger partial charge < -0.3 is 9.47 Å². The lowest BCUT2D eigenvalue weighted by molar-refractivity contribution is -0.128. The van der Waals surface area contributed by atoms with Gasteiger partial charge in [0.1, 0.15) is 11.5 Å². The monoisotopic (exact) mass is 422 g/mol. The summed E-state index contributed by atoms with van der Waals surface area (Å²) in [6.45, 7) is 2.56. The van der Waals surface area contributed by atoms with Crippen molar-refractivity contribution in [2.45, 2.75) is 6.92 Å². The van der Waals surface area contributed by atoms with E-state index in [0.29, 0.717) is 12.4 Å². The normalized spacial score (nSPS) is 10.7. The third kappa shape index (κ3) is 5.31. The van der Waals surface area contributed by atoms with Gasteiger partial charge >= 0.3 is 5.97 Å². The molecule has 0 N–H and O–H groups in total. The van der Waals surface area contributed by atoms with Gasteiger partial charge in [-0.15, -0.1) is 0 Å². The standard InChI is InChI=1S/C23H19BrO3/c1-2-26-20-12-8-17(9-13-20)10-15-23(25)27-22-14-11-19(16-21(22)24)18-6-4-3-5-7-18/h3-16H,2H2,1H3. The number of ether oxygens (including phenoxy) is 2. The molecular formula is C23H19BrO3. The molecule has 0 spiro atoms. The minimum absolute atomic E-state index is 0.433. The molecule has 0 atom stereocenters. The number of esters is 1. The number of hydrogen-bond donors (Lipinski definition) is 0. The maximum absolute atomic E-state index is 12.1. The molecule has 0 unspecified atom stereocenters. The highest BCUT2D eigenvalue weighted by molar-refractivity contribution is 9.10. The molecule has 3 nitrogen and oxygen atoms in total. The fourth-order valence-corrected chi connectivity index (χ4v) is 3.00. The van der Waals surface area contributed by atoms with E-state index in [9.17, 15) is 4.79 Å². The van der Waals surface area contributed by atoms with Crippen LogP contribution in [0.1, 0.15) is 12.5 Å². The SMILES string of the molecule is CCOc1ccc(C=CC(=O)Oc2ccc(-c3ccccc3)cc2Br)cc1. The molecule has 0 aliphatic carbocycles. The summed E-state index contributed by atoms with van der Waals surface area (Å²) in [5.74, 6) is 0.854. The number of hydrogen-bond acceptors (Lipinski definition) is 3. The fraction of sp³-hybridized carbons (Fsp3) is 0.0870. The Bertz CT molecular complexity index is 932. The molecule has 0 heterocycles. The molecular weight excluding hydrogens is 404 g/mol. The highest BCUT2D eigenvalue weighted by atomic mass is 79.9. The van der Waals surface area contributed by atoms with Gasteiger partial charge in [-0.1, -0.05) is 48.5 Å². The first-order chi connectivity index (χ1) is 13.2. The Labute approximate surface area is 167 Å². The Morgan fingerprint density at radius 1 is 0.963 bits per heavy atom. The van der Waals surface area contributed by atoms with Gasteiger partial charge in [0.05, 0.1) is 11.1 Å². The van der Waals surface area contributed by atoms with Crippen LogP contribution in [0.25, 0.3) is 17.2 Å². The first kappa shape index (κ1) is 18.9. The van der Waals surface area contributed by atoms with Gasteiger partial charge in [-0.25, -0.2) is 4.79 Å². The minimum atomic E-state index is -0.433. The molecule has 136 valence electrons. The smallest absolute Gasteiger partial charge is 0.336 e. The first-order valence-electron chi connectivity index (χ1n) is 8.63. The van der Waals surface area contributed by atoms with Gasteiger partial charge in [0.15, 0.2) is 0 Å². The maximum atomic E-state index is 12.1. The van der Waals surface area contributed by atoms with Crippen LogP contribution in [-0.4, -0.2) is 12.6 Å².